The van der Waals surface area contributed by atoms with Gasteiger partial charge >= 0.3 is 0 Å². The molecule has 0 amide bonds. The van der Waals surface area contributed by atoms with E-state index in [9.17, 15) is 0 Å². The number of thiazole rings is 1. The number of hydrogen-bond acceptors (Lipinski definition) is 3. The fourth-order valence-corrected chi connectivity index (χ4v) is 3.12. The topological polar surface area (TPSA) is 24.9 Å². The predicted octanol–water partition coefficient (Wildman–Crippen LogP) is 3.55. The van der Waals surface area contributed by atoms with Crippen LogP contribution in [0.1, 0.15) is 39.3 Å². The number of rotatable bonds is 3. The molecule has 1 aromatic rings. The number of anilines is 1. The molecule has 15 heavy (non-hydrogen) atoms. The number of aromatic nitrogens is 1. The van der Waals surface area contributed by atoms with Crippen LogP contribution in [0.3, 0.4) is 0 Å². The number of aryl methyl sites for hydroxylation is 1. The Balaban J connectivity index is 1.97. The van der Waals surface area contributed by atoms with Crippen molar-refractivity contribution in [3.8, 4) is 0 Å². The van der Waals surface area contributed by atoms with E-state index in [4.69, 9.17) is 0 Å². The van der Waals surface area contributed by atoms with Gasteiger partial charge in [-0.05, 0) is 31.1 Å². The van der Waals surface area contributed by atoms with Crippen molar-refractivity contribution in [1.82, 2.24) is 4.98 Å². The van der Waals surface area contributed by atoms with Crippen molar-refractivity contribution in [2.24, 2.45) is 11.8 Å². The van der Waals surface area contributed by atoms with Crippen LogP contribution in [0.2, 0.25) is 0 Å². The lowest BCUT2D eigenvalue weighted by Crippen LogP contribution is -2.23. The summed E-state index contributed by atoms with van der Waals surface area (Å²) in [5.74, 6) is 1.63. The van der Waals surface area contributed by atoms with E-state index >= 15 is 0 Å². The van der Waals surface area contributed by atoms with Crippen molar-refractivity contribution in [1.29, 1.82) is 0 Å². The Morgan fingerprint density at radius 3 is 2.80 bits per heavy atom. The second kappa shape index (κ2) is 4.52. The predicted molar refractivity (Wildman–Crippen MR) is 66.5 cm³/mol. The molecule has 1 N–H and O–H groups in total. The Hall–Kier alpha value is -0.570. The van der Waals surface area contributed by atoms with E-state index in [1.54, 1.807) is 11.3 Å². The zero-order chi connectivity index (χ0) is 10.8. The molecule has 84 valence electrons. The summed E-state index contributed by atoms with van der Waals surface area (Å²) in [5, 5.41) is 6.85. The maximum absolute atomic E-state index is 4.56. The van der Waals surface area contributed by atoms with Gasteiger partial charge in [0.1, 0.15) is 0 Å². The van der Waals surface area contributed by atoms with Crippen LogP contribution in [0.25, 0.3) is 0 Å². The highest BCUT2D eigenvalue weighted by molar-refractivity contribution is 7.13. The highest BCUT2D eigenvalue weighted by Crippen LogP contribution is 2.33. The van der Waals surface area contributed by atoms with Crippen molar-refractivity contribution in [2.75, 3.05) is 5.32 Å². The molecule has 3 atom stereocenters. The molecule has 3 heteroatoms. The third-order valence-corrected chi connectivity index (χ3v) is 4.51. The first-order valence-corrected chi connectivity index (χ1v) is 6.79. The molecule has 1 saturated carbocycles. The van der Waals surface area contributed by atoms with Gasteiger partial charge in [-0.2, -0.15) is 0 Å². The lowest BCUT2D eigenvalue weighted by Gasteiger charge is -2.18. The SMILES string of the molecule is CCc1csc(NC2CCC(C)C2C)n1. The van der Waals surface area contributed by atoms with Gasteiger partial charge in [0.05, 0.1) is 5.69 Å². The molecular formula is C12H20N2S. The van der Waals surface area contributed by atoms with E-state index in [1.807, 2.05) is 0 Å². The van der Waals surface area contributed by atoms with Crippen molar-refractivity contribution < 1.29 is 0 Å². The molecule has 0 saturated heterocycles. The standard InChI is InChI=1S/C12H20N2S/c1-4-10-7-15-12(13-10)14-11-6-5-8(2)9(11)3/h7-9,11H,4-6H2,1-3H3,(H,13,14). The summed E-state index contributed by atoms with van der Waals surface area (Å²) in [5.41, 5.74) is 1.21. The van der Waals surface area contributed by atoms with Gasteiger partial charge in [0.15, 0.2) is 5.13 Å². The van der Waals surface area contributed by atoms with Crippen LogP contribution in [-0.2, 0) is 6.42 Å². The van der Waals surface area contributed by atoms with Crippen LogP contribution in [0, 0.1) is 11.8 Å². The quantitative estimate of drug-likeness (QED) is 0.849. The Morgan fingerprint density at radius 1 is 1.47 bits per heavy atom. The first-order valence-electron chi connectivity index (χ1n) is 5.91. The summed E-state index contributed by atoms with van der Waals surface area (Å²) in [6.45, 7) is 6.86. The molecule has 1 fully saturated rings. The van der Waals surface area contributed by atoms with Crippen LogP contribution in [-0.4, -0.2) is 11.0 Å². The van der Waals surface area contributed by atoms with Gasteiger partial charge in [0, 0.05) is 11.4 Å². The normalized spacial score (nSPS) is 30.7. The van der Waals surface area contributed by atoms with Crippen molar-refractivity contribution >= 4 is 16.5 Å². The highest BCUT2D eigenvalue weighted by atomic mass is 32.1. The van der Waals surface area contributed by atoms with Gasteiger partial charge in [0.2, 0.25) is 0 Å². The van der Waals surface area contributed by atoms with Gasteiger partial charge in [0.25, 0.3) is 0 Å². The minimum atomic E-state index is 0.635. The Bertz CT molecular complexity index is 321. The average Bonchev–Trinajstić information content (AvgIpc) is 2.80. The largest absolute Gasteiger partial charge is 0.359 e. The van der Waals surface area contributed by atoms with Crippen molar-refractivity contribution in [3.63, 3.8) is 0 Å². The maximum Gasteiger partial charge on any atom is 0.183 e. The number of nitrogens with one attached hydrogen (secondary N) is 1. The van der Waals surface area contributed by atoms with Crippen LogP contribution in [0.5, 0.6) is 0 Å². The van der Waals surface area contributed by atoms with E-state index in [-0.39, 0.29) is 0 Å². The second-order valence-electron chi connectivity index (χ2n) is 4.66. The van der Waals surface area contributed by atoms with Gasteiger partial charge < -0.3 is 5.32 Å². The summed E-state index contributed by atoms with van der Waals surface area (Å²) in [4.78, 5) is 4.56. The molecule has 1 heterocycles. The molecule has 1 aromatic heterocycles. The van der Waals surface area contributed by atoms with Crippen LogP contribution >= 0.6 is 11.3 Å². The van der Waals surface area contributed by atoms with E-state index in [0.717, 1.165) is 23.4 Å². The number of hydrogen-bond donors (Lipinski definition) is 1. The fraction of sp³-hybridized carbons (Fsp3) is 0.750. The van der Waals surface area contributed by atoms with E-state index in [0.29, 0.717) is 6.04 Å². The smallest absolute Gasteiger partial charge is 0.183 e. The lowest BCUT2D eigenvalue weighted by molar-refractivity contribution is 0.435. The van der Waals surface area contributed by atoms with Crippen LogP contribution in [0.15, 0.2) is 5.38 Å². The first-order chi connectivity index (χ1) is 7.20. The monoisotopic (exact) mass is 224 g/mol. The van der Waals surface area contributed by atoms with Crippen molar-refractivity contribution in [2.45, 2.75) is 46.1 Å². The van der Waals surface area contributed by atoms with E-state index in [2.05, 4.69) is 36.5 Å². The third kappa shape index (κ3) is 2.33. The summed E-state index contributed by atoms with van der Waals surface area (Å²) >= 11 is 1.74. The minimum absolute atomic E-state index is 0.635. The summed E-state index contributed by atoms with van der Waals surface area (Å²) in [6.07, 6.45) is 3.68. The molecule has 3 unspecified atom stereocenters. The maximum atomic E-state index is 4.56. The Labute approximate surface area is 96.1 Å². The van der Waals surface area contributed by atoms with Crippen LogP contribution in [0.4, 0.5) is 5.13 Å². The van der Waals surface area contributed by atoms with E-state index < -0.39 is 0 Å². The fourth-order valence-electron chi connectivity index (χ4n) is 2.26. The molecule has 0 aromatic carbocycles. The van der Waals surface area contributed by atoms with Crippen LogP contribution < -0.4 is 5.32 Å². The van der Waals surface area contributed by atoms with Crippen molar-refractivity contribution in [3.05, 3.63) is 11.1 Å². The average molecular weight is 224 g/mol. The Kier molecular flexibility index (Phi) is 3.29. The zero-order valence-electron chi connectivity index (χ0n) is 9.79. The second-order valence-corrected chi connectivity index (χ2v) is 5.52. The number of nitrogens with zero attached hydrogens (tertiary/aromatic N) is 1. The van der Waals surface area contributed by atoms with Gasteiger partial charge in [-0.3, -0.25) is 0 Å². The first kappa shape index (κ1) is 10.9. The van der Waals surface area contributed by atoms with Gasteiger partial charge in [-0.25, -0.2) is 4.98 Å². The molecular weight excluding hydrogens is 204 g/mol. The molecule has 1 aliphatic carbocycles. The molecule has 1 aliphatic rings. The van der Waals surface area contributed by atoms with Gasteiger partial charge in [-0.15, -0.1) is 11.3 Å². The summed E-state index contributed by atoms with van der Waals surface area (Å²) in [6, 6.07) is 0.635. The Morgan fingerprint density at radius 2 is 2.27 bits per heavy atom. The third-order valence-electron chi connectivity index (χ3n) is 3.69. The molecule has 0 radical (unpaired) electrons. The highest BCUT2D eigenvalue weighted by Gasteiger charge is 2.29. The summed E-state index contributed by atoms with van der Waals surface area (Å²) in [7, 11) is 0. The molecule has 2 nitrogen and oxygen atoms in total. The molecule has 0 bridgehead atoms. The van der Waals surface area contributed by atoms with Gasteiger partial charge in [-0.1, -0.05) is 20.8 Å². The molecule has 0 aliphatic heterocycles. The molecule has 2 rings (SSSR count). The van der Waals surface area contributed by atoms with E-state index in [1.165, 1.54) is 18.5 Å². The summed E-state index contributed by atoms with van der Waals surface area (Å²) < 4.78 is 0. The molecule has 0 spiro atoms. The lowest BCUT2D eigenvalue weighted by atomic mass is 9.98. The zero-order valence-corrected chi connectivity index (χ0v) is 10.6. The minimum Gasteiger partial charge on any atom is -0.359 e.